The molecule has 0 radical (unpaired) electrons. The van der Waals surface area contributed by atoms with E-state index >= 15 is 0 Å². The molecule has 6 heterocycles. The first-order valence-corrected chi connectivity index (χ1v) is 33.7. The largest absolute Gasteiger partial charge is 0.458 e. The summed E-state index contributed by atoms with van der Waals surface area (Å²) < 4.78 is 23.0. The van der Waals surface area contributed by atoms with Gasteiger partial charge in [0.05, 0.1) is 50.2 Å². The van der Waals surface area contributed by atoms with E-state index in [4.69, 9.17) is 14.1 Å². The average Bonchev–Trinajstić information content (AvgIpc) is 1.63. The van der Waals surface area contributed by atoms with E-state index in [0.717, 1.165) is 139 Å². The molecule has 0 atom stereocenters. The maximum Gasteiger partial charge on any atom is 0.269 e. The van der Waals surface area contributed by atoms with Crippen molar-refractivity contribution < 1.29 is 13.7 Å². The van der Waals surface area contributed by atoms with E-state index in [2.05, 4.69) is 342 Å². The van der Waals surface area contributed by atoms with Crippen molar-refractivity contribution in [1.82, 2.24) is 18.7 Å². The Morgan fingerprint density at radius 1 is 0.361 bits per heavy atom. The van der Waals surface area contributed by atoms with Gasteiger partial charge < -0.3 is 13.7 Å². The Kier molecular flexibility index (Phi) is 12.9. The van der Waals surface area contributed by atoms with Gasteiger partial charge in [-0.2, -0.15) is 0 Å². The molecule has 17 aromatic rings. The van der Waals surface area contributed by atoms with Crippen molar-refractivity contribution in [2.75, 3.05) is 0 Å². The van der Waals surface area contributed by atoms with Crippen LogP contribution in [-0.2, 0) is 16.2 Å². The second kappa shape index (κ2) is 21.5. The monoisotopic (exact) mass is 1250 g/mol. The summed E-state index contributed by atoms with van der Waals surface area (Å²) in [6, 6.07) is 95.6. The molecular formula is C90H71N5O2. The van der Waals surface area contributed by atoms with Gasteiger partial charge in [-0.1, -0.05) is 220 Å². The Morgan fingerprint density at radius 2 is 0.918 bits per heavy atom. The molecule has 0 fully saturated rings. The van der Waals surface area contributed by atoms with E-state index in [-0.39, 0.29) is 16.2 Å². The lowest BCUT2D eigenvalue weighted by molar-refractivity contribution is -0.571. The van der Waals surface area contributed by atoms with Crippen molar-refractivity contribution in [3.63, 3.8) is 0 Å². The number of aromatic nitrogens is 5. The summed E-state index contributed by atoms with van der Waals surface area (Å²) in [7, 11) is 0. The molecule has 5 aromatic heterocycles. The fourth-order valence-corrected chi connectivity index (χ4v) is 15.1. The van der Waals surface area contributed by atoms with Crippen LogP contribution in [0.15, 0.2) is 271 Å². The highest BCUT2D eigenvalue weighted by Gasteiger charge is 2.30. The summed E-state index contributed by atoms with van der Waals surface area (Å²) in [6.45, 7) is 20.7. The van der Waals surface area contributed by atoms with E-state index in [0.29, 0.717) is 11.5 Å². The highest BCUT2D eigenvalue weighted by atomic mass is 16.5. The van der Waals surface area contributed by atoms with Crippen molar-refractivity contribution in [3.8, 4) is 90.0 Å². The minimum absolute atomic E-state index is 0.0610. The summed E-state index contributed by atoms with van der Waals surface area (Å²) in [4.78, 5) is 4.99. The van der Waals surface area contributed by atoms with E-state index in [1.807, 2.05) is 12.3 Å². The Bertz CT molecular complexity index is 6040. The van der Waals surface area contributed by atoms with Gasteiger partial charge >= 0.3 is 0 Å². The lowest BCUT2D eigenvalue weighted by Gasteiger charge is -2.26. The molecule has 7 heteroatoms. The number of fused-ring (bicyclic) bond motifs is 16. The molecule has 0 spiro atoms. The van der Waals surface area contributed by atoms with E-state index in [1.165, 1.54) is 33.0 Å². The zero-order valence-electron chi connectivity index (χ0n) is 56.0. The maximum atomic E-state index is 7.12. The van der Waals surface area contributed by atoms with Crippen LogP contribution in [0.25, 0.3) is 155 Å². The number of benzene rings is 12. The maximum absolute atomic E-state index is 7.12. The first kappa shape index (κ1) is 58.1. The van der Waals surface area contributed by atoms with Crippen molar-refractivity contribution in [2.45, 2.75) is 78.6 Å². The van der Waals surface area contributed by atoms with Crippen LogP contribution in [0.1, 0.15) is 79.0 Å². The van der Waals surface area contributed by atoms with Crippen LogP contribution in [0.3, 0.4) is 0 Å². The SMILES string of the molecule is CC(C)(C)c1cc(-c2ccc3c(c2)-c2cccc(-n4c5ccccc5c5ccccc54)c2-[n+]2[c-]n(-c4cccc(Oc5ccc6c7ccccc7n(-c7cc(C(C)(C)C)ccn7)c6c5)c4)c4cc(-c5ccc6oc7ccccc7c6c5)cc(c42)-c2ccccc2-3)cc(C(C)(C)C)c1. The van der Waals surface area contributed by atoms with Gasteiger partial charge in [0.25, 0.3) is 6.33 Å². The molecule has 0 aliphatic carbocycles. The Morgan fingerprint density at radius 3 is 1.63 bits per heavy atom. The molecule has 0 amide bonds. The standard InChI is InChI=1S/C90H71N5O2/c1-88(2,3)59-42-43-91-85(51-59)95-79-33-18-14-28-70(79)71-40-38-64(53-81(71)95)96-63-23-20-22-62(52-63)92-54-93-86-73(30-21-34-80(86)94-77-31-16-12-26-68(77)69-27-13-17-32-78(69)94)74-46-55(57-44-60(89(4,5)6)50-61(45-57)90(7,8)9)36-39-67(74)65-24-10-11-25-66(65)76-48-58(49-82(92)87(76)93)56-37-41-84-75(47-56)72-29-15-19-35-83(72)97-84/h10-53H,1-9H3. The van der Waals surface area contributed by atoms with Crippen molar-refractivity contribution in [2.24, 2.45) is 0 Å². The molecule has 18 rings (SSSR count). The molecule has 97 heavy (non-hydrogen) atoms. The lowest BCUT2D eigenvalue weighted by Crippen LogP contribution is -2.32. The van der Waals surface area contributed by atoms with Crippen LogP contribution in [-0.4, -0.2) is 18.7 Å². The lowest BCUT2D eigenvalue weighted by atomic mass is 9.78. The third-order valence-electron chi connectivity index (χ3n) is 20.1. The Labute approximate surface area is 564 Å². The van der Waals surface area contributed by atoms with Crippen molar-refractivity contribution >= 4 is 76.6 Å². The second-order valence-corrected chi connectivity index (χ2v) is 29.4. The number of para-hydroxylation sites is 5. The molecule has 468 valence electrons. The molecule has 1 aliphatic heterocycles. The van der Waals surface area contributed by atoms with E-state index < -0.39 is 0 Å². The molecule has 0 bridgehead atoms. The summed E-state index contributed by atoms with van der Waals surface area (Å²) >= 11 is 0. The summed E-state index contributed by atoms with van der Waals surface area (Å²) in [5, 5.41) is 6.82. The van der Waals surface area contributed by atoms with Gasteiger partial charge in [-0.25, -0.2) is 4.98 Å². The zero-order chi connectivity index (χ0) is 65.8. The fourth-order valence-electron chi connectivity index (χ4n) is 15.1. The van der Waals surface area contributed by atoms with Crippen LogP contribution >= 0.6 is 0 Å². The van der Waals surface area contributed by atoms with E-state index in [9.17, 15) is 0 Å². The van der Waals surface area contributed by atoms with Gasteiger partial charge in [0, 0.05) is 44.6 Å². The number of rotatable bonds is 7. The number of imidazole rings is 1. The summed E-state index contributed by atoms with van der Waals surface area (Å²) in [5.41, 5.74) is 25.7. The number of hydrogen-bond donors (Lipinski definition) is 0. The highest BCUT2D eigenvalue weighted by molar-refractivity contribution is 6.12. The Hall–Kier alpha value is -11.5. The fraction of sp³-hybridized carbons (Fsp3) is 0.133. The molecule has 0 saturated heterocycles. The quantitative estimate of drug-likeness (QED) is 0.118. The van der Waals surface area contributed by atoms with Crippen molar-refractivity contribution in [3.05, 3.63) is 290 Å². The first-order valence-electron chi connectivity index (χ1n) is 33.7. The predicted molar refractivity (Wildman–Crippen MR) is 401 cm³/mol. The normalized spacial score (nSPS) is 12.6. The smallest absolute Gasteiger partial charge is 0.269 e. The van der Waals surface area contributed by atoms with Gasteiger partial charge in [-0.05, 0) is 186 Å². The van der Waals surface area contributed by atoms with Gasteiger partial charge in [0.2, 0.25) is 0 Å². The number of ether oxygens (including phenoxy) is 1. The van der Waals surface area contributed by atoms with Gasteiger partial charge in [0.15, 0.2) is 0 Å². The number of nitrogens with zero attached hydrogens (tertiary/aromatic N) is 5. The van der Waals surface area contributed by atoms with Crippen molar-refractivity contribution in [1.29, 1.82) is 0 Å². The molecule has 7 nitrogen and oxygen atoms in total. The molecule has 0 unspecified atom stereocenters. The molecule has 0 N–H and O–H groups in total. The zero-order valence-corrected chi connectivity index (χ0v) is 56.0. The minimum Gasteiger partial charge on any atom is -0.458 e. The predicted octanol–water partition coefficient (Wildman–Crippen LogP) is 23.5. The molecule has 1 aliphatic rings. The average molecular weight is 1250 g/mol. The number of furan rings is 1. The van der Waals surface area contributed by atoms with Crippen LogP contribution in [0.5, 0.6) is 11.5 Å². The highest BCUT2D eigenvalue weighted by Crippen LogP contribution is 2.49. The topological polar surface area (TPSA) is 53.9 Å². The molecule has 12 aromatic carbocycles. The summed E-state index contributed by atoms with van der Waals surface area (Å²) in [6.07, 6.45) is 6.12. The second-order valence-electron chi connectivity index (χ2n) is 29.4. The number of pyridine rings is 1. The van der Waals surface area contributed by atoms with Gasteiger partial charge in [-0.15, -0.1) is 0 Å². The van der Waals surface area contributed by atoms with Crippen LogP contribution < -0.4 is 9.30 Å². The number of hydrogen-bond acceptors (Lipinski definition) is 3. The minimum atomic E-state index is -0.0756. The van der Waals surface area contributed by atoms with Gasteiger partial charge in [0.1, 0.15) is 28.5 Å². The third-order valence-corrected chi connectivity index (χ3v) is 20.1. The third kappa shape index (κ3) is 9.45. The molecule has 0 saturated carbocycles. The van der Waals surface area contributed by atoms with Crippen LogP contribution in [0, 0.1) is 6.33 Å². The van der Waals surface area contributed by atoms with Crippen LogP contribution in [0.4, 0.5) is 0 Å². The molecular weight excluding hydrogens is 1180 g/mol. The van der Waals surface area contributed by atoms with E-state index in [1.54, 1.807) is 0 Å². The van der Waals surface area contributed by atoms with Gasteiger partial charge in [-0.3, -0.25) is 13.7 Å². The first-order chi connectivity index (χ1) is 47.0. The van der Waals surface area contributed by atoms with Crippen LogP contribution in [0.2, 0.25) is 0 Å². The Balaban J connectivity index is 0.914. The summed E-state index contributed by atoms with van der Waals surface area (Å²) in [5.74, 6) is 2.27.